The number of rotatable bonds is 2. The van der Waals surface area contributed by atoms with Gasteiger partial charge in [0, 0.05) is 16.5 Å². The third-order valence-electron chi connectivity index (χ3n) is 3.72. The van der Waals surface area contributed by atoms with E-state index in [9.17, 15) is 0 Å². The molecule has 3 aromatic rings. The number of hydrogen-bond donors (Lipinski definition) is 0. The molecule has 1 nitrogen and oxygen atoms in total. The molecule has 1 heteroatoms. The molecule has 0 saturated carbocycles. The molecule has 0 fully saturated rings. The van der Waals surface area contributed by atoms with Gasteiger partial charge in [-0.15, -0.1) is 0 Å². The molecule has 0 unspecified atom stereocenters. The minimum atomic E-state index is 0.522. The first-order chi connectivity index (χ1) is 8.79. The minimum Gasteiger partial charge on any atom is -0.252 e. The summed E-state index contributed by atoms with van der Waals surface area (Å²) in [7, 11) is 0. The summed E-state index contributed by atoms with van der Waals surface area (Å²) in [6.45, 7) is 4.44. The summed E-state index contributed by atoms with van der Waals surface area (Å²) in [6.07, 6.45) is 1.13. The molecule has 3 rings (SSSR count). The molecule has 0 radical (unpaired) electrons. The van der Waals surface area contributed by atoms with Gasteiger partial charge in [0.05, 0.1) is 5.52 Å². The molecular formula is C17H17N. The summed E-state index contributed by atoms with van der Waals surface area (Å²) in [5.41, 5.74) is 2.33. The highest BCUT2D eigenvalue weighted by Gasteiger charge is 2.07. The van der Waals surface area contributed by atoms with Crippen molar-refractivity contribution in [3.05, 3.63) is 54.2 Å². The monoisotopic (exact) mass is 235 g/mol. The van der Waals surface area contributed by atoms with E-state index in [0.29, 0.717) is 5.92 Å². The highest BCUT2D eigenvalue weighted by atomic mass is 14.7. The molecule has 0 aliphatic rings. The van der Waals surface area contributed by atoms with Crippen LogP contribution in [-0.4, -0.2) is 4.98 Å². The van der Waals surface area contributed by atoms with E-state index in [-0.39, 0.29) is 0 Å². The van der Waals surface area contributed by atoms with Crippen LogP contribution in [0.1, 0.15) is 31.9 Å². The largest absolute Gasteiger partial charge is 0.252 e. The lowest BCUT2D eigenvalue weighted by molar-refractivity contribution is 0.712. The lowest BCUT2D eigenvalue weighted by Crippen LogP contribution is -1.95. The van der Waals surface area contributed by atoms with Crippen LogP contribution in [0.4, 0.5) is 0 Å². The number of nitrogens with zero attached hydrogens (tertiary/aromatic N) is 1. The predicted molar refractivity (Wildman–Crippen MR) is 78.0 cm³/mol. The third kappa shape index (κ3) is 1.76. The molecule has 1 heterocycles. The molecule has 0 spiro atoms. The molecule has 90 valence electrons. The maximum Gasteiger partial charge on any atom is 0.0783 e. The quantitative estimate of drug-likeness (QED) is 0.575. The fraction of sp³-hybridized carbons (Fsp3) is 0.235. The van der Waals surface area contributed by atoms with E-state index in [2.05, 4.69) is 62.4 Å². The van der Waals surface area contributed by atoms with Crippen molar-refractivity contribution < 1.29 is 0 Å². The number of pyridine rings is 1. The third-order valence-corrected chi connectivity index (χ3v) is 3.72. The maximum atomic E-state index is 4.87. The highest BCUT2D eigenvalue weighted by Crippen LogP contribution is 2.26. The van der Waals surface area contributed by atoms with Crippen molar-refractivity contribution in [2.24, 2.45) is 0 Å². The molecule has 18 heavy (non-hydrogen) atoms. The van der Waals surface area contributed by atoms with E-state index in [0.717, 1.165) is 11.9 Å². The lowest BCUT2D eigenvalue weighted by Gasteiger charge is -2.10. The standard InChI is InChI=1S/C17H17N/c1-3-12(2)16-11-10-14-9-8-13-6-4-5-7-15(13)17(14)18-16/h4-12H,3H2,1-2H3/t12-/m1/s1. The molecule has 0 saturated heterocycles. The Morgan fingerprint density at radius 3 is 2.50 bits per heavy atom. The van der Waals surface area contributed by atoms with Gasteiger partial charge in [-0.3, -0.25) is 4.98 Å². The molecule has 0 bridgehead atoms. The summed E-state index contributed by atoms with van der Waals surface area (Å²) in [5.74, 6) is 0.522. The van der Waals surface area contributed by atoms with Crippen LogP contribution in [0.15, 0.2) is 48.5 Å². The van der Waals surface area contributed by atoms with Crippen molar-refractivity contribution in [1.29, 1.82) is 0 Å². The Morgan fingerprint density at radius 1 is 0.944 bits per heavy atom. The molecular weight excluding hydrogens is 218 g/mol. The SMILES string of the molecule is CC[C@@H](C)c1ccc2ccc3ccccc3c2n1. The number of aromatic nitrogens is 1. The normalized spacial score (nSPS) is 13.0. The van der Waals surface area contributed by atoms with Gasteiger partial charge in [0.25, 0.3) is 0 Å². The predicted octanol–water partition coefficient (Wildman–Crippen LogP) is 4.90. The molecule has 0 aliphatic carbocycles. The number of hydrogen-bond acceptors (Lipinski definition) is 1. The average molecular weight is 235 g/mol. The fourth-order valence-electron chi connectivity index (χ4n) is 2.36. The Labute approximate surface area is 107 Å². The Hall–Kier alpha value is -1.89. The van der Waals surface area contributed by atoms with E-state index in [4.69, 9.17) is 4.98 Å². The van der Waals surface area contributed by atoms with Crippen LogP contribution < -0.4 is 0 Å². The number of benzene rings is 2. The van der Waals surface area contributed by atoms with Crippen molar-refractivity contribution in [3.63, 3.8) is 0 Å². The van der Waals surface area contributed by atoms with E-state index < -0.39 is 0 Å². The zero-order valence-corrected chi connectivity index (χ0v) is 10.9. The molecule has 0 aliphatic heterocycles. The van der Waals surface area contributed by atoms with Gasteiger partial charge >= 0.3 is 0 Å². The summed E-state index contributed by atoms with van der Waals surface area (Å²) in [6, 6.07) is 17.1. The van der Waals surface area contributed by atoms with E-state index in [1.54, 1.807) is 0 Å². The van der Waals surface area contributed by atoms with Gasteiger partial charge in [-0.05, 0) is 23.8 Å². The molecule has 2 aromatic carbocycles. The summed E-state index contributed by atoms with van der Waals surface area (Å²) in [5, 5.41) is 3.74. The van der Waals surface area contributed by atoms with Gasteiger partial charge in [-0.1, -0.05) is 56.3 Å². The Bertz CT molecular complexity index is 700. The first kappa shape index (κ1) is 11.2. The number of fused-ring (bicyclic) bond motifs is 3. The van der Waals surface area contributed by atoms with E-state index >= 15 is 0 Å². The van der Waals surface area contributed by atoms with E-state index in [1.807, 2.05) is 0 Å². The molecule has 0 N–H and O–H groups in total. The van der Waals surface area contributed by atoms with Crippen LogP contribution in [0.25, 0.3) is 21.7 Å². The van der Waals surface area contributed by atoms with Gasteiger partial charge in [-0.25, -0.2) is 0 Å². The fourth-order valence-corrected chi connectivity index (χ4v) is 2.36. The van der Waals surface area contributed by atoms with Crippen molar-refractivity contribution in [2.75, 3.05) is 0 Å². The topological polar surface area (TPSA) is 12.9 Å². The maximum absolute atomic E-state index is 4.87. The first-order valence-electron chi connectivity index (χ1n) is 6.58. The smallest absolute Gasteiger partial charge is 0.0783 e. The van der Waals surface area contributed by atoms with Gasteiger partial charge < -0.3 is 0 Å². The van der Waals surface area contributed by atoms with Crippen molar-refractivity contribution in [2.45, 2.75) is 26.2 Å². The second-order valence-corrected chi connectivity index (χ2v) is 4.90. The van der Waals surface area contributed by atoms with Gasteiger partial charge in [-0.2, -0.15) is 0 Å². The van der Waals surface area contributed by atoms with Crippen LogP contribution in [0.3, 0.4) is 0 Å². The minimum absolute atomic E-state index is 0.522. The van der Waals surface area contributed by atoms with E-state index in [1.165, 1.54) is 21.9 Å². The van der Waals surface area contributed by atoms with Gasteiger partial charge in [0.15, 0.2) is 0 Å². The van der Waals surface area contributed by atoms with Crippen LogP contribution in [-0.2, 0) is 0 Å². The molecule has 1 aromatic heterocycles. The highest BCUT2D eigenvalue weighted by molar-refractivity contribution is 6.05. The van der Waals surface area contributed by atoms with Crippen LogP contribution in [0, 0.1) is 0 Å². The second-order valence-electron chi connectivity index (χ2n) is 4.90. The van der Waals surface area contributed by atoms with Gasteiger partial charge in [0.2, 0.25) is 0 Å². The Kier molecular flexibility index (Phi) is 2.75. The Morgan fingerprint density at radius 2 is 1.67 bits per heavy atom. The average Bonchev–Trinajstić information content (AvgIpc) is 2.45. The summed E-state index contributed by atoms with van der Waals surface area (Å²) in [4.78, 5) is 4.87. The Balaban J connectivity index is 2.33. The second kappa shape index (κ2) is 4.41. The first-order valence-corrected chi connectivity index (χ1v) is 6.58. The van der Waals surface area contributed by atoms with Crippen LogP contribution in [0.2, 0.25) is 0 Å². The zero-order valence-electron chi connectivity index (χ0n) is 10.9. The van der Waals surface area contributed by atoms with Crippen molar-refractivity contribution >= 4 is 21.7 Å². The molecule has 1 atom stereocenters. The van der Waals surface area contributed by atoms with Crippen molar-refractivity contribution in [1.82, 2.24) is 4.98 Å². The van der Waals surface area contributed by atoms with Gasteiger partial charge in [0.1, 0.15) is 0 Å². The zero-order chi connectivity index (χ0) is 12.5. The van der Waals surface area contributed by atoms with Crippen LogP contribution in [0.5, 0.6) is 0 Å². The lowest BCUT2D eigenvalue weighted by atomic mass is 10.0. The molecule has 0 amide bonds. The summed E-state index contributed by atoms with van der Waals surface area (Å²) < 4.78 is 0. The van der Waals surface area contributed by atoms with Crippen LogP contribution >= 0.6 is 0 Å². The summed E-state index contributed by atoms with van der Waals surface area (Å²) >= 11 is 0. The van der Waals surface area contributed by atoms with Crippen molar-refractivity contribution in [3.8, 4) is 0 Å².